The van der Waals surface area contributed by atoms with Gasteiger partial charge in [-0.15, -0.1) is 0 Å². The highest BCUT2D eigenvalue weighted by molar-refractivity contribution is 5.93. The third-order valence-corrected chi connectivity index (χ3v) is 5.64. The predicted octanol–water partition coefficient (Wildman–Crippen LogP) is 1.82. The predicted molar refractivity (Wildman–Crippen MR) is 125 cm³/mol. The first-order valence-corrected chi connectivity index (χ1v) is 11.0. The molecule has 1 fully saturated rings. The van der Waals surface area contributed by atoms with Gasteiger partial charge in [0, 0.05) is 36.9 Å². The minimum atomic E-state index is -1.13. The number of aliphatic hydroxyl groups excluding tert-OH is 2. The van der Waals surface area contributed by atoms with E-state index in [1.54, 1.807) is 30.3 Å². The Kier molecular flexibility index (Phi) is 7.13. The van der Waals surface area contributed by atoms with Crippen LogP contribution in [0.4, 0.5) is 15.4 Å². The van der Waals surface area contributed by atoms with E-state index in [4.69, 9.17) is 4.74 Å². The lowest BCUT2D eigenvalue weighted by molar-refractivity contribution is -0.136. The minimum Gasteiger partial charge on any atom is -0.464 e. The van der Waals surface area contributed by atoms with Crippen molar-refractivity contribution in [1.82, 2.24) is 19.8 Å². The third kappa shape index (κ3) is 5.67. The number of rotatable bonds is 6. The van der Waals surface area contributed by atoms with Crippen LogP contribution in [0.5, 0.6) is 11.5 Å². The number of carbonyl (C=O) groups excluding carboxylic acids is 2. The zero-order valence-corrected chi connectivity index (χ0v) is 18.6. The standard InChI is InChI=1S/C23H25N5O7/c29-13-18(21(31)27-8-5-15(30)6-9-27)25-22(32)26-20-12-17(3-7-24-20)35-16-1-2-19-14(11-16)4-10-28(19)23(33)34/h1-4,7,10-12,15,18,29-30H,5-6,8-9,13H2,(H,33,34)(H2,24,25,26,32)/t18-/m0/s1. The maximum Gasteiger partial charge on any atom is 0.415 e. The van der Waals surface area contributed by atoms with Crippen LogP contribution in [0, 0.1) is 0 Å². The molecule has 0 spiro atoms. The summed E-state index contributed by atoms with van der Waals surface area (Å²) in [6, 6.07) is 7.80. The van der Waals surface area contributed by atoms with Crippen molar-refractivity contribution < 1.29 is 34.4 Å². The molecule has 1 aliphatic heterocycles. The average Bonchev–Trinajstić information content (AvgIpc) is 3.26. The van der Waals surface area contributed by atoms with Gasteiger partial charge in [0.25, 0.3) is 0 Å². The van der Waals surface area contributed by atoms with Gasteiger partial charge in [-0.05, 0) is 43.2 Å². The minimum absolute atomic E-state index is 0.156. The van der Waals surface area contributed by atoms with Crippen molar-refractivity contribution in [2.45, 2.75) is 25.0 Å². The Morgan fingerprint density at radius 1 is 1.11 bits per heavy atom. The van der Waals surface area contributed by atoms with E-state index in [9.17, 15) is 29.7 Å². The van der Waals surface area contributed by atoms with Gasteiger partial charge in [-0.1, -0.05) is 0 Å². The number of carboxylic acid groups (broad SMARTS) is 1. The average molecular weight is 483 g/mol. The largest absolute Gasteiger partial charge is 0.464 e. The molecule has 1 saturated heterocycles. The molecule has 1 aromatic carbocycles. The molecular weight excluding hydrogens is 458 g/mol. The Morgan fingerprint density at radius 2 is 1.86 bits per heavy atom. The van der Waals surface area contributed by atoms with Gasteiger partial charge in [-0.25, -0.2) is 14.6 Å². The number of amides is 3. The van der Waals surface area contributed by atoms with Gasteiger partial charge in [-0.3, -0.25) is 14.7 Å². The maximum atomic E-state index is 12.6. The molecular formula is C23H25N5O7. The van der Waals surface area contributed by atoms with Crippen LogP contribution in [0.25, 0.3) is 10.9 Å². The van der Waals surface area contributed by atoms with Gasteiger partial charge in [0.15, 0.2) is 0 Å². The Bertz CT molecular complexity index is 1240. The quantitative estimate of drug-likeness (QED) is 0.354. The smallest absolute Gasteiger partial charge is 0.415 e. The molecule has 3 amide bonds. The van der Waals surface area contributed by atoms with E-state index in [0.717, 1.165) is 4.57 Å². The third-order valence-electron chi connectivity index (χ3n) is 5.64. The molecule has 12 heteroatoms. The molecule has 3 aromatic rings. The molecule has 5 N–H and O–H groups in total. The number of likely N-dealkylation sites (tertiary alicyclic amines) is 1. The number of anilines is 1. The normalized spacial score (nSPS) is 15.0. The number of nitrogens with zero attached hydrogens (tertiary/aromatic N) is 3. The van der Waals surface area contributed by atoms with Crippen LogP contribution in [0.1, 0.15) is 12.8 Å². The van der Waals surface area contributed by atoms with Crippen LogP contribution in [-0.2, 0) is 4.79 Å². The summed E-state index contributed by atoms with van der Waals surface area (Å²) in [5, 5.41) is 34.0. The number of hydrogen-bond acceptors (Lipinski definition) is 7. The van der Waals surface area contributed by atoms with Gasteiger partial charge in [-0.2, -0.15) is 0 Å². The van der Waals surface area contributed by atoms with E-state index in [0.29, 0.717) is 48.3 Å². The fourth-order valence-corrected chi connectivity index (χ4v) is 3.83. The second kappa shape index (κ2) is 10.4. The second-order valence-electron chi connectivity index (χ2n) is 8.06. The number of aromatic nitrogens is 2. The molecule has 2 aromatic heterocycles. The van der Waals surface area contributed by atoms with Crippen molar-refractivity contribution in [3.05, 3.63) is 48.8 Å². The van der Waals surface area contributed by atoms with Crippen LogP contribution < -0.4 is 15.4 Å². The fourth-order valence-electron chi connectivity index (χ4n) is 3.83. The molecule has 12 nitrogen and oxygen atoms in total. The Balaban J connectivity index is 1.37. The Morgan fingerprint density at radius 3 is 2.57 bits per heavy atom. The van der Waals surface area contributed by atoms with E-state index in [2.05, 4.69) is 15.6 Å². The van der Waals surface area contributed by atoms with Gasteiger partial charge >= 0.3 is 12.1 Å². The van der Waals surface area contributed by atoms with Crippen molar-refractivity contribution in [2.75, 3.05) is 25.0 Å². The lowest BCUT2D eigenvalue weighted by atomic mass is 10.1. The highest BCUT2D eigenvalue weighted by Crippen LogP contribution is 2.27. The zero-order chi connectivity index (χ0) is 24.9. The summed E-state index contributed by atoms with van der Waals surface area (Å²) in [7, 11) is 0. The van der Waals surface area contributed by atoms with Crippen LogP contribution in [0.15, 0.2) is 48.8 Å². The molecule has 0 saturated carbocycles. The number of fused-ring (bicyclic) bond motifs is 1. The number of urea groups is 1. The van der Waals surface area contributed by atoms with Crippen molar-refractivity contribution >= 4 is 34.8 Å². The van der Waals surface area contributed by atoms with Gasteiger partial charge in [0.1, 0.15) is 23.4 Å². The number of hydrogen-bond donors (Lipinski definition) is 5. The maximum absolute atomic E-state index is 12.6. The SMILES string of the molecule is O=C(Nc1cc(Oc2ccc3c(ccn3C(=O)O)c2)ccn1)N[C@@H](CO)C(=O)N1CCC(O)CC1. The van der Waals surface area contributed by atoms with E-state index < -0.39 is 36.8 Å². The first-order chi connectivity index (χ1) is 16.8. The lowest BCUT2D eigenvalue weighted by Crippen LogP contribution is -2.53. The highest BCUT2D eigenvalue weighted by Gasteiger charge is 2.28. The van der Waals surface area contributed by atoms with Crippen LogP contribution in [-0.4, -0.2) is 79.6 Å². The van der Waals surface area contributed by atoms with Crippen molar-refractivity contribution in [3.63, 3.8) is 0 Å². The van der Waals surface area contributed by atoms with Crippen molar-refractivity contribution in [3.8, 4) is 11.5 Å². The Labute approximate surface area is 199 Å². The molecule has 184 valence electrons. The summed E-state index contributed by atoms with van der Waals surface area (Å²) >= 11 is 0. The summed E-state index contributed by atoms with van der Waals surface area (Å²) in [5.41, 5.74) is 0.521. The zero-order valence-electron chi connectivity index (χ0n) is 18.6. The first kappa shape index (κ1) is 24.0. The van der Waals surface area contributed by atoms with E-state index >= 15 is 0 Å². The summed E-state index contributed by atoms with van der Waals surface area (Å²) in [4.78, 5) is 41.8. The fraction of sp³-hybridized carbons (Fsp3) is 0.304. The highest BCUT2D eigenvalue weighted by atomic mass is 16.5. The van der Waals surface area contributed by atoms with E-state index in [1.165, 1.54) is 23.4 Å². The lowest BCUT2D eigenvalue weighted by Gasteiger charge is -2.32. The molecule has 35 heavy (non-hydrogen) atoms. The van der Waals surface area contributed by atoms with Crippen molar-refractivity contribution in [2.24, 2.45) is 0 Å². The van der Waals surface area contributed by atoms with Gasteiger partial charge in [0.05, 0.1) is 18.2 Å². The molecule has 1 atom stereocenters. The topological polar surface area (TPSA) is 166 Å². The van der Waals surface area contributed by atoms with Crippen LogP contribution in [0.3, 0.4) is 0 Å². The van der Waals surface area contributed by atoms with Gasteiger partial charge < -0.3 is 30.3 Å². The molecule has 0 unspecified atom stereocenters. The monoisotopic (exact) mass is 483 g/mol. The molecule has 0 radical (unpaired) electrons. The summed E-state index contributed by atoms with van der Waals surface area (Å²) in [6.45, 7) is 0.134. The molecule has 1 aliphatic rings. The molecule has 0 bridgehead atoms. The number of pyridine rings is 1. The molecule has 3 heterocycles. The first-order valence-electron chi connectivity index (χ1n) is 11.0. The summed E-state index contributed by atoms with van der Waals surface area (Å²) in [5.74, 6) is 0.559. The van der Waals surface area contributed by atoms with Crippen molar-refractivity contribution in [1.29, 1.82) is 0 Å². The number of aliphatic hydroxyl groups is 2. The summed E-state index contributed by atoms with van der Waals surface area (Å²) in [6.07, 6.45) is 2.24. The second-order valence-corrected chi connectivity index (χ2v) is 8.06. The van der Waals surface area contributed by atoms with Crippen LogP contribution in [0.2, 0.25) is 0 Å². The number of nitrogens with one attached hydrogen (secondary N) is 2. The van der Waals surface area contributed by atoms with E-state index in [-0.39, 0.29) is 5.82 Å². The number of ether oxygens (including phenoxy) is 1. The number of benzene rings is 1. The Hall–Kier alpha value is -4.16. The molecule has 0 aliphatic carbocycles. The number of carbonyl (C=O) groups is 3. The summed E-state index contributed by atoms with van der Waals surface area (Å²) < 4.78 is 6.92. The van der Waals surface area contributed by atoms with Crippen LogP contribution >= 0.6 is 0 Å². The van der Waals surface area contributed by atoms with E-state index in [1.807, 2.05) is 0 Å². The molecule has 4 rings (SSSR count). The van der Waals surface area contributed by atoms with Gasteiger partial charge in [0.2, 0.25) is 5.91 Å². The number of piperidine rings is 1.